The van der Waals surface area contributed by atoms with Crippen LogP contribution in [0.15, 0.2) is 12.1 Å². The zero-order valence-corrected chi connectivity index (χ0v) is 6.23. The maximum atomic E-state index is 10.7. The van der Waals surface area contributed by atoms with E-state index in [-0.39, 0.29) is 0 Å². The van der Waals surface area contributed by atoms with E-state index >= 15 is 0 Å². The van der Waals surface area contributed by atoms with E-state index in [1.54, 1.807) is 12.1 Å². The van der Waals surface area contributed by atoms with Crippen LogP contribution >= 0.6 is 11.3 Å². The van der Waals surface area contributed by atoms with Gasteiger partial charge in [0.2, 0.25) is 0 Å². The van der Waals surface area contributed by atoms with E-state index in [0.29, 0.717) is 4.88 Å². The fraction of sp³-hybridized carbons (Fsp3) is 0.143. The number of carbonyl (C=O) groups is 1. The number of aryl methyl sites for hydroxylation is 1. The molecule has 3 heteroatoms. The number of Topliss-reactive ketones (excluding diaryl/α,β-unsaturated/α-hetero) is 1. The molecule has 1 heterocycles. The number of nitriles is 1. The largest absolute Gasteiger partial charge is 0.276 e. The van der Waals surface area contributed by atoms with E-state index in [1.165, 1.54) is 11.3 Å². The normalized spacial score (nSPS) is 8.80. The molecule has 0 saturated carbocycles. The first kappa shape index (κ1) is 6.97. The van der Waals surface area contributed by atoms with Gasteiger partial charge in [-0.3, -0.25) is 4.79 Å². The summed E-state index contributed by atoms with van der Waals surface area (Å²) in [6, 6.07) is 5.07. The van der Waals surface area contributed by atoms with Gasteiger partial charge in [0.1, 0.15) is 6.07 Å². The minimum atomic E-state index is -0.446. The maximum Gasteiger partial charge on any atom is 0.272 e. The van der Waals surface area contributed by atoms with Gasteiger partial charge in [-0.05, 0) is 19.1 Å². The third-order valence-electron chi connectivity index (χ3n) is 1.07. The highest BCUT2D eigenvalue weighted by atomic mass is 32.1. The molecule has 2 nitrogen and oxygen atoms in total. The summed E-state index contributed by atoms with van der Waals surface area (Å²) < 4.78 is 0. The standard InChI is InChI=1S/C7H5NOS/c1-5-2-3-7(10-5)6(9)4-8/h2-3H,1H3. The van der Waals surface area contributed by atoms with Crippen LogP contribution in [0.5, 0.6) is 0 Å². The van der Waals surface area contributed by atoms with Gasteiger partial charge < -0.3 is 0 Å². The van der Waals surface area contributed by atoms with Crippen molar-refractivity contribution >= 4 is 17.1 Å². The van der Waals surface area contributed by atoms with E-state index < -0.39 is 5.78 Å². The minimum absolute atomic E-state index is 0.446. The second kappa shape index (κ2) is 2.63. The quantitative estimate of drug-likeness (QED) is 0.453. The molecule has 1 aromatic rings. The first-order valence-corrected chi connectivity index (χ1v) is 3.56. The molecule has 0 saturated heterocycles. The lowest BCUT2D eigenvalue weighted by atomic mass is 10.3. The Morgan fingerprint density at radius 2 is 2.40 bits per heavy atom. The summed E-state index contributed by atoms with van der Waals surface area (Å²) in [6.45, 7) is 1.90. The topological polar surface area (TPSA) is 40.9 Å². The molecule has 1 rings (SSSR count). The third kappa shape index (κ3) is 1.23. The maximum absolute atomic E-state index is 10.7. The highest BCUT2D eigenvalue weighted by Crippen LogP contribution is 2.14. The van der Waals surface area contributed by atoms with Crippen LogP contribution in [0.25, 0.3) is 0 Å². The first-order chi connectivity index (χ1) is 4.74. The Hall–Kier alpha value is -1.14. The van der Waals surface area contributed by atoms with Gasteiger partial charge in [-0.15, -0.1) is 11.3 Å². The molecule has 0 radical (unpaired) electrons. The van der Waals surface area contributed by atoms with Gasteiger partial charge in [0.25, 0.3) is 5.78 Å². The van der Waals surface area contributed by atoms with Crippen molar-refractivity contribution in [2.45, 2.75) is 6.92 Å². The summed E-state index contributed by atoms with van der Waals surface area (Å²) in [5.74, 6) is -0.446. The van der Waals surface area contributed by atoms with Crippen LogP contribution in [0.4, 0.5) is 0 Å². The molecule has 0 amide bonds. The Balaban J connectivity index is 2.98. The van der Waals surface area contributed by atoms with E-state index in [0.717, 1.165) is 4.88 Å². The molecule has 0 aliphatic rings. The molecule has 50 valence electrons. The van der Waals surface area contributed by atoms with Crippen molar-refractivity contribution in [3.8, 4) is 6.07 Å². The number of hydrogen-bond acceptors (Lipinski definition) is 3. The van der Waals surface area contributed by atoms with Crippen LogP contribution in [0.1, 0.15) is 14.5 Å². The van der Waals surface area contributed by atoms with Crippen molar-refractivity contribution in [3.63, 3.8) is 0 Å². The van der Waals surface area contributed by atoms with Crippen LogP contribution < -0.4 is 0 Å². The number of hydrogen-bond donors (Lipinski definition) is 0. The van der Waals surface area contributed by atoms with E-state index in [1.807, 2.05) is 13.0 Å². The molecule has 0 aromatic carbocycles. The summed E-state index contributed by atoms with van der Waals surface area (Å²) >= 11 is 1.35. The molecule has 0 unspecified atom stereocenters. The summed E-state index contributed by atoms with van der Waals surface area (Å²) in [5.41, 5.74) is 0. The Morgan fingerprint density at radius 1 is 1.70 bits per heavy atom. The molecule has 0 bridgehead atoms. The van der Waals surface area contributed by atoms with Gasteiger partial charge in [-0.1, -0.05) is 0 Å². The Kier molecular flexibility index (Phi) is 1.83. The van der Waals surface area contributed by atoms with Crippen LogP contribution in [0.3, 0.4) is 0 Å². The number of rotatable bonds is 1. The summed E-state index contributed by atoms with van der Waals surface area (Å²) in [7, 11) is 0. The fourth-order valence-corrected chi connectivity index (χ4v) is 1.37. The van der Waals surface area contributed by atoms with Gasteiger partial charge in [0, 0.05) is 4.88 Å². The molecule has 0 fully saturated rings. The van der Waals surface area contributed by atoms with Crippen LogP contribution in [0.2, 0.25) is 0 Å². The van der Waals surface area contributed by atoms with Crippen molar-refractivity contribution < 1.29 is 4.79 Å². The highest BCUT2D eigenvalue weighted by Gasteiger charge is 2.04. The Morgan fingerprint density at radius 3 is 2.80 bits per heavy atom. The van der Waals surface area contributed by atoms with Crippen molar-refractivity contribution in [2.75, 3.05) is 0 Å². The fourth-order valence-electron chi connectivity index (χ4n) is 0.612. The monoisotopic (exact) mass is 151 g/mol. The van der Waals surface area contributed by atoms with Gasteiger partial charge >= 0.3 is 0 Å². The lowest BCUT2D eigenvalue weighted by Crippen LogP contribution is -1.87. The minimum Gasteiger partial charge on any atom is -0.276 e. The number of carbonyl (C=O) groups excluding carboxylic acids is 1. The molecule has 10 heavy (non-hydrogen) atoms. The Bertz CT molecular complexity index is 295. The van der Waals surface area contributed by atoms with Gasteiger partial charge in [0.05, 0.1) is 4.88 Å². The van der Waals surface area contributed by atoms with Crippen molar-refractivity contribution in [3.05, 3.63) is 21.9 Å². The molecular weight excluding hydrogens is 146 g/mol. The number of thiophene rings is 1. The predicted octanol–water partition coefficient (Wildman–Crippen LogP) is 1.76. The molecule has 0 atom stereocenters. The van der Waals surface area contributed by atoms with Gasteiger partial charge in [-0.25, -0.2) is 0 Å². The number of nitrogens with zero attached hydrogens (tertiary/aromatic N) is 1. The summed E-state index contributed by atoms with van der Waals surface area (Å²) in [4.78, 5) is 12.3. The first-order valence-electron chi connectivity index (χ1n) is 2.75. The van der Waals surface area contributed by atoms with E-state index in [4.69, 9.17) is 5.26 Å². The van der Waals surface area contributed by atoms with Crippen LogP contribution in [-0.2, 0) is 0 Å². The lowest BCUT2D eigenvalue weighted by Gasteiger charge is -1.78. The van der Waals surface area contributed by atoms with Crippen molar-refractivity contribution in [1.29, 1.82) is 5.26 Å². The molecule has 0 aliphatic carbocycles. The van der Waals surface area contributed by atoms with Gasteiger partial charge in [0.15, 0.2) is 0 Å². The third-order valence-corrected chi connectivity index (χ3v) is 2.07. The molecule has 0 N–H and O–H groups in total. The summed E-state index contributed by atoms with van der Waals surface area (Å²) in [5, 5.41) is 8.20. The lowest BCUT2D eigenvalue weighted by molar-refractivity contribution is 0.105. The van der Waals surface area contributed by atoms with Crippen LogP contribution in [-0.4, -0.2) is 5.78 Å². The Labute approximate surface area is 62.7 Å². The SMILES string of the molecule is Cc1ccc(C(=O)C#N)s1. The van der Waals surface area contributed by atoms with Crippen LogP contribution in [0, 0.1) is 18.3 Å². The second-order valence-electron chi connectivity index (χ2n) is 1.85. The number of ketones is 1. The van der Waals surface area contributed by atoms with E-state index in [2.05, 4.69) is 0 Å². The average Bonchev–Trinajstić information content (AvgIpc) is 2.34. The zero-order valence-electron chi connectivity index (χ0n) is 5.42. The summed E-state index contributed by atoms with van der Waals surface area (Å²) in [6.07, 6.45) is 0. The van der Waals surface area contributed by atoms with Gasteiger partial charge in [-0.2, -0.15) is 5.26 Å². The predicted molar refractivity (Wildman–Crippen MR) is 39.0 cm³/mol. The van der Waals surface area contributed by atoms with Crippen molar-refractivity contribution in [2.24, 2.45) is 0 Å². The molecule has 0 spiro atoms. The zero-order chi connectivity index (χ0) is 7.56. The van der Waals surface area contributed by atoms with Crippen molar-refractivity contribution in [1.82, 2.24) is 0 Å². The molecule has 0 aliphatic heterocycles. The molecule has 1 aromatic heterocycles. The van der Waals surface area contributed by atoms with E-state index in [9.17, 15) is 4.79 Å². The molecular formula is C7H5NOS. The average molecular weight is 151 g/mol. The smallest absolute Gasteiger partial charge is 0.272 e. The highest BCUT2D eigenvalue weighted by molar-refractivity contribution is 7.14. The second-order valence-corrected chi connectivity index (χ2v) is 3.14.